The van der Waals surface area contributed by atoms with Gasteiger partial charge in [0.2, 0.25) is 0 Å². The summed E-state index contributed by atoms with van der Waals surface area (Å²) in [6, 6.07) is 1.87. The van der Waals surface area contributed by atoms with Crippen LogP contribution in [0.25, 0.3) is 0 Å². The van der Waals surface area contributed by atoms with E-state index in [9.17, 15) is 0 Å². The topological polar surface area (TPSA) is 0 Å². The van der Waals surface area contributed by atoms with Crippen LogP contribution in [0.1, 0.15) is 0 Å². The van der Waals surface area contributed by atoms with Gasteiger partial charge < -0.3 is 0 Å². The number of rotatable bonds is 0. The Balaban J connectivity index is 3.46. The minimum atomic E-state index is 0.767. The Morgan fingerprint density at radius 1 is 1.00 bits per heavy atom. The SMILES string of the molecule is Clc1cc(I)c(Cl)c(I)c1I. The van der Waals surface area contributed by atoms with Gasteiger partial charge in [-0.25, -0.2) is 0 Å². The molecular formula is C6HCl2I3. The Morgan fingerprint density at radius 2 is 1.55 bits per heavy atom. The van der Waals surface area contributed by atoms with Gasteiger partial charge in [0.1, 0.15) is 0 Å². The lowest BCUT2D eigenvalue weighted by atomic mass is 10.4. The molecule has 1 aromatic rings. The molecule has 0 saturated carbocycles. The third-order valence-corrected chi connectivity index (χ3v) is 6.79. The highest BCUT2D eigenvalue weighted by atomic mass is 127. The molecule has 11 heavy (non-hydrogen) atoms. The Hall–Kier alpha value is 1.99. The molecule has 60 valence electrons. The average Bonchev–Trinajstić information content (AvgIpc) is 1.97. The van der Waals surface area contributed by atoms with Crippen molar-refractivity contribution in [3.05, 3.63) is 26.8 Å². The van der Waals surface area contributed by atoms with Gasteiger partial charge in [-0.15, -0.1) is 0 Å². The number of hydrogen-bond acceptors (Lipinski definition) is 0. The smallest absolute Gasteiger partial charge is 0.0684 e. The monoisotopic (exact) mass is 524 g/mol. The van der Waals surface area contributed by atoms with E-state index in [1.165, 1.54) is 0 Å². The Labute approximate surface area is 116 Å². The third-order valence-electron chi connectivity index (χ3n) is 1.06. The van der Waals surface area contributed by atoms with E-state index in [2.05, 4.69) is 67.8 Å². The molecule has 1 aromatic carbocycles. The first-order chi connectivity index (χ1) is 5.04. The van der Waals surface area contributed by atoms with Gasteiger partial charge in [0.25, 0.3) is 0 Å². The van der Waals surface area contributed by atoms with Crippen LogP contribution in [0.2, 0.25) is 10.0 Å². The molecule has 0 unspecified atom stereocenters. The summed E-state index contributed by atoms with van der Waals surface area (Å²) >= 11 is 18.4. The van der Waals surface area contributed by atoms with Gasteiger partial charge in [-0.05, 0) is 73.8 Å². The highest BCUT2D eigenvalue weighted by molar-refractivity contribution is 14.1. The lowest BCUT2D eigenvalue weighted by Crippen LogP contribution is -1.86. The fourth-order valence-electron chi connectivity index (χ4n) is 0.544. The minimum absolute atomic E-state index is 0.767. The van der Waals surface area contributed by atoms with Crippen LogP contribution >= 0.6 is 91.0 Å². The molecule has 1 rings (SSSR count). The highest BCUT2D eigenvalue weighted by Crippen LogP contribution is 2.33. The summed E-state index contributed by atoms with van der Waals surface area (Å²) in [6.45, 7) is 0. The van der Waals surface area contributed by atoms with Crippen LogP contribution in [0.15, 0.2) is 6.07 Å². The van der Waals surface area contributed by atoms with E-state index in [0.717, 1.165) is 20.8 Å². The molecule has 0 heterocycles. The van der Waals surface area contributed by atoms with Crippen LogP contribution in [-0.4, -0.2) is 0 Å². The van der Waals surface area contributed by atoms with E-state index in [4.69, 9.17) is 23.2 Å². The molecular weight excluding hydrogens is 524 g/mol. The van der Waals surface area contributed by atoms with Crippen molar-refractivity contribution in [1.82, 2.24) is 0 Å². The van der Waals surface area contributed by atoms with Crippen molar-refractivity contribution in [3.8, 4) is 0 Å². The number of benzene rings is 1. The fourth-order valence-corrected chi connectivity index (χ4v) is 3.50. The molecule has 0 aliphatic rings. The maximum absolute atomic E-state index is 5.98. The zero-order valence-corrected chi connectivity index (χ0v) is 13.0. The van der Waals surface area contributed by atoms with Gasteiger partial charge in [-0.3, -0.25) is 0 Å². The van der Waals surface area contributed by atoms with Crippen molar-refractivity contribution >= 4 is 91.0 Å². The van der Waals surface area contributed by atoms with Gasteiger partial charge in [-0.1, -0.05) is 23.2 Å². The standard InChI is InChI=1S/C6HCl2I3/c7-2-1-3(9)4(8)6(11)5(2)10/h1H. The molecule has 0 aliphatic heterocycles. The zero-order chi connectivity index (χ0) is 8.59. The molecule has 0 bridgehead atoms. The zero-order valence-electron chi connectivity index (χ0n) is 4.97. The second kappa shape index (κ2) is 4.47. The largest absolute Gasteiger partial charge is 0.0831 e. The molecule has 5 heteroatoms. The summed E-state index contributed by atoms with van der Waals surface area (Å²) in [7, 11) is 0. The Kier molecular flexibility index (Phi) is 4.50. The summed E-state index contributed by atoms with van der Waals surface area (Å²) in [5.74, 6) is 0. The van der Waals surface area contributed by atoms with Gasteiger partial charge in [-0.2, -0.15) is 0 Å². The normalized spacial score (nSPS) is 10.3. The molecule has 0 nitrogen and oxygen atoms in total. The number of hydrogen-bond donors (Lipinski definition) is 0. The molecule has 0 atom stereocenters. The van der Waals surface area contributed by atoms with Crippen molar-refractivity contribution in [2.24, 2.45) is 0 Å². The first-order valence-corrected chi connectivity index (χ1v) is 6.51. The number of halogens is 5. The maximum atomic E-state index is 5.98. The second-order valence-electron chi connectivity index (χ2n) is 1.78. The summed E-state index contributed by atoms with van der Waals surface area (Å²) in [5.41, 5.74) is 0. The Bertz CT molecular complexity index is 272. The van der Waals surface area contributed by atoms with Gasteiger partial charge in [0.05, 0.1) is 10.0 Å². The van der Waals surface area contributed by atoms with Crippen LogP contribution in [-0.2, 0) is 0 Å². The summed E-state index contributed by atoms with van der Waals surface area (Å²) in [6.07, 6.45) is 0. The molecule has 0 amide bonds. The van der Waals surface area contributed by atoms with E-state index in [0.29, 0.717) is 0 Å². The quantitative estimate of drug-likeness (QED) is 0.260. The van der Waals surface area contributed by atoms with E-state index < -0.39 is 0 Å². The molecule has 0 aliphatic carbocycles. The second-order valence-corrected chi connectivity index (χ2v) is 5.89. The van der Waals surface area contributed by atoms with E-state index in [1.807, 2.05) is 6.07 Å². The van der Waals surface area contributed by atoms with Gasteiger partial charge in [0, 0.05) is 10.7 Å². The summed E-state index contributed by atoms with van der Waals surface area (Å²) in [4.78, 5) is 0. The summed E-state index contributed by atoms with van der Waals surface area (Å²) < 4.78 is 3.05. The first-order valence-electron chi connectivity index (χ1n) is 2.52. The molecule has 0 aromatic heterocycles. The molecule has 0 fully saturated rings. The lowest BCUT2D eigenvalue weighted by Gasteiger charge is -2.03. The van der Waals surface area contributed by atoms with E-state index in [-0.39, 0.29) is 0 Å². The van der Waals surface area contributed by atoms with E-state index in [1.54, 1.807) is 0 Å². The third kappa shape index (κ3) is 2.47. The van der Waals surface area contributed by atoms with Gasteiger partial charge in [0.15, 0.2) is 0 Å². The first kappa shape index (κ1) is 11.1. The van der Waals surface area contributed by atoms with Crippen molar-refractivity contribution < 1.29 is 0 Å². The van der Waals surface area contributed by atoms with Crippen LogP contribution in [0.3, 0.4) is 0 Å². The van der Waals surface area contributed by atoms with Crippen molar-refractivity contribution in [2.45, 2.75) is 0 Å². The molecule has 0 spiro atoms. The predicted octanol–water partition coefficient (Wildman–Crippen LogP) is 4.81. The van der Waals surface area contributed by atoms with Crippen molar-refractivity contribution in [3.63, 3.8) is 0 Å². The fraction of sp³-hybridized carbons (Fsp3) is 0. The predicted molar refractivity (Wildman–Crippen MR) is 74.6 cm³/mol. The minimum Gasteiger partial charge on any atom is -0.0831 e. The van der Waals surface area contributed by atoms with Crippen LogP contribution in [0.4, 0.5) is 0 Å². The average molecular weight is 525 g/mol. The highest BCUT2D eigenvalue weighted by Gasteiger charge is 2.09. The maximum Gasteiger partial charge on any atom is 0.0684 e. The molecule has 0 N–H and O–H groups in total. The Morgan fingerprint density at radius 3 is 2.09 bits per heavy atom. The summed E-state index contributed by atoms with van der Waals surface area (Å²) in [5, 5.41) is 1.56. The van der Waals surface area contributed by atoms with Crippen LogP contribution < -0.4 is 0 Å². The van der Waals surface area contributed by atoms with E-state index >= 15 is 0 Å². The van der Waals surface area contributed by atoms with Crippen molar-refractivity contribution in [1.29, 1.82) is 0 Å². The molecule has 0 radical (unpaired) electrons. The molecule has 0 saturated heterocycles. The van der Waals surface area contributed by atoms with Gasteiger partial charge >= 0.3 is 0 Å². The van der Waals surface area contributed by atoms with Crippen LogP contribution in [0, 0.1) is 10.7 Å². The van der Waals surface area contributed by atoms with Crippen molar-refractivity contribution in [2.75, 3.05) is 0 Å². The lowest BCUT2D eigenvalue weighted by molar-refractivity contribution is 1.53. The van der Waals surface area contributed by atoms with Crippen LogP contribution in [0.5, 0.6) is 0 Å².